The number of benzene rings is 1. The quantitative estimate of drug-likeness (QED) is 0.598. The Balaban J connectivity index is 1.69. The zero-order valence-electron chi connectivity index (χ0n) is 13.2. The van der Waals surface area contributed by atoms with Gasteiger partial charge >= 0.3 is 0 Å². The molecule has 0 fully saturated rings. The number of aromatic nitrogens is 1. The number of amides is 1. The maximum atomic E-state index is 12.7. The lowest BCUT2D eigenvalue weighted by molar-refractivity contribution is 0.0749. The Morgan fingerprint density at radius 3 is 2.67 bits per heavy atom. The molecule has 2 aromatic heterocycles. The van der Waals surface area contributed by atoms with Gasteiger partial charge in [-0.3, -0.25) is 4.79 Å². The average Bonchev–Trinajstić information content (AvgIpc) is 3.22. The third-order valence-corrected chi connectivity index (χ3v) is 5.68. The van der Waals surface area contributed by atoms with Crippen molar-refractivity contribution in [1.82, 2.24) is 9.88 Å². The van der Waals surface area contributed by atoms with Crippen molar-refractivity contribution < 1.29 is 4.79 Å². The summed E-state index contributed by atoms with van der Waals surface area (Å²) in [6, 6.07) is 14.0. The summed E-state index contributed by atoms with van der Waals surface area (Å²) >= 11 is 9.01. The average molecular weight is 377 g/mol. The van der Waals surface area contributed by atoms with Gasteiger partial charge in [-0.2, -0.15) is 0 Å². The lowest BCUT2D eigenvalue weighted by atomic mass is 10.2. The summed E-state index contributed by atoms with van der Waals surface area (Å²) in [6.45, 7) is 3.18. The molecule has 0 bridgehead atoms. The summed E-state index contributed by atoms with van der Waals surface area (Å²) in [6.07, 6.45) is 0.755. The molecule has 124 valence electrons. The van der Waals surface area contributed by atoms with E-state index in [0.29, 0.717) is 18.8 Å². The maximum absolute atomic E-state index is 12.7. The molecule has 1 amide bonds. The van der Waals surface area contributed by atoms with Gasteiger partial charge < -0.3 is 4.90 Å². The summed E-state index contributed by atoms with van der Waals surface area (Å²) in [5.74, 6) is -0.0300. The van der Waals surface area contributed by atoms with Gasteiger partial charge in [0.05, 0.1) is 15.9 Å². The van der Waals surface area contributed by atoms with Gasteiger partial charge in [0.2, 0.25) is 0 Å². The number of hydrogen-bond donors (Lipinski definition) is 0. The normalized spacial score (nSPS) is 10.8. The molecule has 0 aliphatic rings. The van der Waals surface area contributed by atoms with Crippen molar-refractivity contribution in [3.05, 3.63) is 73.3 Å². The SMILES string of the molecule is CCN(Cc1ccc(Cl)s1)C(=O)c1csc(Cc2ccccc2)n1. The molecular weight excluding hydrogens is 360 g/mol. The second kappa shape index (κ2) is 7.92. The van der Waals surface area contributed by atoms with Gasteiger partial charge in [0.25, 0.3) is 5.91 Å². The molecule has 0 unspecified atom stereocenters. The fraction of sp³-hybridized carbons (Fsp3) is 0.222. The van der Waals surface area contributed by atoms with Crippen LogP contribution < -0.4 is 0 Å². The highest BCUT2D eigenvalue weighted by molar-refractivity contribution is 7.16. The van der Waals surface area contributed by atoms with Crippen molar-refractivity contribution in [3.8, 4) is 0 Å². The fourth-order valence-corrected chi connectivity index (χ4v) is 4.28. The zero-order valence-corrected chi connectivity index (χ0v) is 15.6. The van der Waals surface area contributed by atoms with Crippen LogP contribution >= 0.6 is 34.3 Å². The molecule has 0 atom stereocenters. The van der Waals surface area contributed by atoms with Crippen LogP contribution in [-0.4, -0.2) is 22.3 Å². The Morgan fingerprint density at radius 2 is 2.00 bits per heavy atom. The van der Waals surface area contributed by atoms with Crippen LogP contribution in [0.1, 0.15) is 32.9 Å². The first-order valence-corrected chi connectivity index (χ1v) is 9.75. The van der Waals surface area contributed by atoms with E-state index in [2.05, 4.69) is 17.1 Å². The lowest BCUT2D eigenvalue weighted by Crippen LogP contribution is -2.30. The zero-order chi connectivity index (χ0) is 16.9. The molecule has 24 heavy (non-hydrogen) atoms. The van der Waals surface area contributed by atoms with Crippen LogP contribution in [0.5, 0.6) is 0 Å². The van der Waals surface area contributed by atoms with Gasteiger partial charge in [-0.05, 0) is 24.6 Å². The van der Waals surface area contributed by atoms with E-state index in [1.807, 2.05) is 42.6 Å². The van der Waals surface area contributed by atoms with Crippen LogP contribution in [0.4, 0.5) is 0 Å². The second-order valence-electron chi connectivity index (χ2n) is 5.31. The van der Waals surface area contributed by atoms with Gasteiger partial charge in [-0.15, -0.1) is 22.7 Å². The summed E-state index contributed by atoms with van der Waals surface area (Å²) in [5, 5.41) is 2.81. The second-order valence-corrected chi connectivity index (χ2v) is 8.06. The van der Waals surface area contributed by atoms with Crippen molar-refractivity contribution in [3.63, 3.8) is 0 Å². The molecule has 3 aromatic rings. The van der Waals surface area contributed by atoms with E-state index in [9.17, 15) is 4.79 Å². The molecule has 0 saturated heterocycles. The Bertz CT molecular complexity index is 813. The Kier molecular flexibility index (Phi) is 5.66. The van der Waals surface area contributed by atoms with E-state index in [1.54, 1.807) is 4.90 Å². The molecule has 6 heteroatoms. The molecule has 0 aliphatic carbocycles. The van der Waals surface area contributed by atoms with Crippen LogP contribution in [0.15, 0.2) is 47.8 Å². The number of hydrogen-bond acceptors (Lipinski definition) is 4. The van der Waals surface area contributed by atoms with Crippen molar-refractivity contribution in [2.45, 2.75) is 19.9 Å². The number of thiophene rings is 1. The fourth-order valence-electron chi connectivity index (χ4n) is 2.37. The summed E-state index contributed by atoms with van der Waals surface area (Å²) in [4.78, 5) is 20.1. The van der Waals surface area contributed by atoms with Crippen LogP contribution in [0, 0.1) is 0 Å². The molecule has 0 aliphatic heterocycles. The van der Waals surface area contributed by atoms with Crippen molar-refractivity contribution in [1.29, 1.82) is 0 Å². The highest BCUT2D eigenvalue weighted by Gasteiger charge is 2.18. The molecule has 0 radical (unpaired) electrons. The van der Waals surface area contributed by atoms with E-state index in [4.69, 9.17) is 11.6 Å². The van der Waals surface area contributed by atoms with Crippen LogP contribution in [-0.2, 0) is 13.0 Å². The van der Waals surface area contributed by atoms with Gasteiger partial charge in [0.15, 0.2) is 0 Å². The number of thiazole rings is 1. The van der Waals surface area contributed by atoms with E-state index < -0.39 is 0 Å². The third-order valence-electron chi connectivity index (χ3n) is 3.61. The molecule has 3 rings (SSSR count). The minimum Gasteiger partial charge on any atom is -0.332 e. The number of carbonyl (C=O) groups excluding carboxylic acids is 1. The molecular formula is C18H17ClN2OS2. The molecule has 2 heterocycles. The van der Waals surface area contributed by atoms with Crippen molar-refractivity contribution in [2.24, 2.45) is 0 Å². The smallest absolute Gasteiger partial charge is 0.273 e. The first-order valence-electron chi connectivity index (χ1n) is 7.67. The van der Waals surface area contributed by atoms with E-state index in [0.717, 1.165) is 20.6 Å². The summed E-state index contributed by atoms with van der Waals surface area (Å²) in [5.41, 5.74) is 1.72. The predicted molar refractivity (Wildman–Crippen MR) is 101 cm³/mol. The highest BCUT2D eigenvalue weighted by atomic mass is 35.5. The number of rotatable bonds is 6. The van der Waals surface area contributed by atoms with E-state index >= 15 is 0 Å². The first-order chi connectivity index (χ1) is 11.7. The largest absolute Gasteiger partial charge is 0.332 e. The predicted octanol–water partition coefficient (Wildman–Crippen LogP) is 5.11. The van der Waals surface area contributed by atoms with Crippen LogP contribution in [0.25, 0.3) is 0 Å². The third kappa shape index (κ3) is 4.23. The first kappa shape index (κ1) is 17.1. The van der Waals surface area contributed by atoms with Gasteiger partial charge in [-0.1, -0.05) is 41.9 Å². The standard InChI is InChI=1S/C18H17ClN2OS2/c1-2-21(11-14-8-9-16(19)24-14)18(22)15-12-23-17(20-15)10-13-6-4-3-5-7-13/h3-9,12H,2,10-11H2,1H3. The number of nitrogens with zero attached hydrogens (tertiary/aromatic N) is 2. The van der Waals surface area contributed by atoms with Crippen molar-refractivity contribution in [2.75, 3.05) is 6.54 Å². The molecule has 0 saturated carbocycles. The minimum absolute atomic E-state index is 0.0300. The highest BCUT2D eigenvalue weighted by Crippen LogP contribution is 2.23. The Hall–Kier alpha value is -1.69. The Labute approximate surface area is 154 Å². The monoisotopic (exact) mass is 376 g/mol. The molecule has 0 N–H and O–H groups in total. The topological polar surface area (TPSA) is 33.2 Å². The molecule has 3 nitrogen and oxygen atoms in total. The Morgan fingerprint density at radius 1 is 1.21 bits per heavy atom. The number of carbonyl (C=O) groups is 1. The lowest BCUT2D eigenvalue weighted by Gasteiger charge is -2.18. The van der Waals surface area contributed by atoms with E-state index in [1.165, 1.54) is 28.2 Å². The van der Waals surface area contributed by atoms with Gasteiger partial charge in [0.1, 0.15) is 5.69 Å². The maximum Gasteiger partial charge on any atom is 0.273 e. The van der Waals surface area contributed by atoms with Gasteiger partial charge in [-0.25, -0.2) is 4.98 Å². The van der Waals surface area contributed by atoms with Gasteiger partial charge in [0, 0.05) is 23.2 Å². The molecule has 0 spiro atoms. The van der Waals surface area contributed by atoms with Crippen LogP contribution in [0.2, 0.25) is 4.34 Å². The number of halogens is 1. The summed E-state index contributed by atoms with van der Waals surface area (Å²) in [7, 11) is 0. The summed E-state index contributed by atoms with van der Waals surface area (Å²) < 4.78 is 0.743. The minimum atomic E-state index is -0.0300. The molecule has 1 aromatic carbocycles. The van der Waals surface area contributed by atoms with Crippen molar-refractivity contribution >= 4 is 40.2 Å². The van der Waals surface area contributed by atoms with E-state index in [-0.39, 0.29) is 5.91 Å². The van der Waals surface area contributed by atoms with Crippen LogP contribution in [0.3, 0.4) is 0 Å².